The van der Waals surface area contributed by atoms with E-state index in [2.05, 4.69) is 0 Å². The van der Waals surface area contributed by atoms with Crippen molar-refractivity contribution < 1.29 is 18.8 Å². The molecule has 0 aliphatic heterocycles. The highest BCUT2D eigenvalue weighted by atomic mass is 32.7. The van der Waals surface area contributed by atoms with Gasteiger partial charge in [0.15, 0.2) is 0 Å². The Bertz CT molecular complexity index is 162. The first kappa shape index (κ1) is 11.5. The molecule has 0 amide bonds. The average Bonchev–Trinajstić information content (AvgIpc) is 1.55. The summed E-state index contributed by atoms with van der Waals surface area (Å²) in [5.41, 5.74) is 0. The van der Waals surface area contributed by atoms with Crippen LogP contribution in [-0.2, 0) is 4.57 Å². The quantitative estimate of drug-likeness (QED) is 0.513. The van der Waals surface area contributed by atoms with Crippen LogP contribution < -0.4 is 0 Å². The van der Waals surface area contributed by atoms with Crippen LogP contribution in [0.25, 0.3) is 0 Å². The van der Waals surface area contributed by atoms with Gasteiger partial charge in [0.25, 0.3) is 0 Å². The number of hydrogen-bond acceptors (Lipinski definition) is 2. The average molecular weight is 200 g/mol. The van der Waals surface area contributed by atoms with Crippen molar-refractivity contribution in [2.24, 2.45) is 0 Å². The summed E-state index contributed by atoms with van der Waals surface area (Å²) in [7, 11) is 5.96. The first-order valence-electron chi connectivity index (χ1n) is 3.21. The monoisotopic (exact) mass is 200 g/mol. The topological polar surface area (TPSA) is 57.5 Å². The molecule has 4 nitrogen and oxygen atoms in total. The molecule has 0 radical (unpaired) electrons. The Labute approximate surface area is 71.1 Å². The Kier molecular flexibility index (Phi) is 4.08. The van der Waals surface area contributed by atoms with E-state index in [1.54, 1.807) is 0 Å². The van der Waals surface area contributed by atoms with Crippen LogP contribution in [0.3, 0.4) is 0 Å². The van der Waals surface area contributed by atoms with Gasteiger partial charge >= 0.3 is 6.80 Å². The lowest BCUT2D eigenvalue weighted by atomic mass is 10.6. The molecule has 0 atom stereocenters. The van der Waals surface area contributed by atoms with Crippen LogP contribution in [0.5, 0.6) is 0 Å². The summed E-state index contributed by atoms with van der Waals surface area (Å²) in [5, 5.41) is 0. The molecular weight excluding hydrogens is 185 g/mol. The Balaban J connectivity index is 3.52. The minimum Gasteiger partial charge on any atom is -0.330 e. The minimum absolute atomic E-state index is 0.494. The van der Waals surface area contributed by atoms with Gasteiger partial charge in [-0.15, -0.1) is 0 Å². The molecule has 0 aliphatic carbocycles. The number of rotatable bonds is 4. The SMILES string of the molecule is C[N+](C)(C)CCSP(=O)(O)O. The molecule has 6 heteroatoms. The molecule has 0 heterocycles. The van der Waals surface area contributed by atoms with Crippen molar-refractivity contribution in [3.8, 4) is 0 Å². The second-order valence-electron chi connectivity index (χ2n) is 3.34. The minimum atomic E-state index is -3.85. The maximum Gasteiger partial charge on any atom is 0.384 e. The molecule has 0 aromatic heterocycles. The summed E-state index contributed by atoms with van der Waals surface area (Å²) in [6.45, 7) is -3.09. The van der Waals surface area contributed by atoms with E-state index in [0.29, 0.717) is 17.1 Å². The Morgan fingerprint density at radius 2 is 1.82 bits per heavy atom. The van der Waals surface area contributed by atoms with Gasteiger partial charge in [-0.1, -0.05) is 0 Å². The van der Waals surface area contributed by atoms with E-state index < -0.39 is 6.80 Å². The fourth-order valence-electron chi connectivity index (χ4n) is 0.434. The fourth-order valence-corrected chi connectivity index (χ4v) is 2.26. The molecule has 0 aliphatic rings. The summed E-state index contributed by atoms with van der Waals surface area (Å²) in [4.78, 5) is 17.0. The van der Waals surface area contributed by atoms with Crippen LogP contribution in [0.15, 0.2) is 0 Å². The van der Waals surface area contributed by atoms with E-state index >= 15 is 0 Å². The maximum atomic E-state index is 10.4. The summed E-state index contributed by atoms with van der Waals surface area (Å²) < 4.78 is 11.1. The van der Waals surface area contributed by atoms with E-state index in [0.717, 1.165) is 11.0 Å². The molecule has 0 aromatic carbocycles. The smallest absolute Gasteiger partial charge is 0.330 e. The van der Waals surface area contributed by atoms with Gasteiger partial charge in [0.05, 0.1) is 33.4 Å². The van der Waals surface area contributed by atoms with E-state index in [9.17, 15) is 4.57 Å². The number of hydrogen-bond donors (Lipinski definition) is 2. The highest BCUT2D eigenvalue weighted by Crippen LogP contribution is 2.49. The zero-order valence-corrected chi connectivity index (χ0v) is 8.73. The molecule has 0 aromatic rings. The van der Waals surface area contributed by atoms with Crippen molar-refractivity contribution in [2.45, 2.75) is 0 Å². The van der Waals surface area contributed by atoms with Gasteiger partial charge in [-0.05, 0) is 11.4 Å². The third-order valence-electron chi connectivity index (χ3n) is 1.02. The van der Waals surface area contributed by atoms with E-state index in [1.807, 2.05) is 21.1 Å². The zero-order chi connectivity index (χ0) is 9.12. The van der Waals surface area contributed by atoms with Crippen LogP contribution in [0.4, 0.5) is 0 Å². The highest BCUT2D eigenvalue weighted by Gasteiger charge is 2.16. The molecule has 0 fully saturated rings. The Hall–Kier alpha value is 0.460. The molecule has 0 bridgehead atoms. The first-order valence-corrected chi connectivity index (χ1v) is 6.41. The summed E-state index contributed by atoms with van der Waals surface area (Å²) in [5.74, 6) is 0.494. The number of quaternary nitrogens is 1. The lowest BCUT2D eigenvalue weighted by Gasteiger charge is -2.23. The normalized spacial score (nSPS) is 13.5. The molecule has 0 saturated carbocycles. The summed E-state index contributed by atoms with van der Waals surface area (Å²) in [6, 6.07) is 0. The van der Waals surface area contributed by atoms with E-state index in [1.165, 1.54) is 0 Å². The predicted molar refractivity (Wildman–Crippen MR) is 47.4 cm³/mol. The van der Waals surface area contributed by atoms with Crippen molar-refractivity contribution in [1.29, 1.82) is 0 Å². The number of nitrogens with zero attached hydrogens (tertiary/aromatic N) is 1. The van der Waals surface area contributed by atoms with E-state index in [-0.39, 0.29) is 0 Å². The van der Waals surface area contributed by atoms with Crippen molar-refractivity contribution in [1.82, 2.24) is 0 Å². The molecule has 0 spiro atoms. The van der Waals surface area contributed by atoms with Crippen molar-refractivity contribution in [3.05, 3.63) is 0 Å². The van der Waals surface area contributed by atoms with Gasteiger partial charge in [-0.2, -0.15) is 0 Å². The van der Waals surface area contributed by atoms with E-state index in [4.69, 9.17) is 9.79 Å². The second kappa shape index (κ2) is 3.92. The van der Waals surface area contributed by atoms with Crippen molar-refractivity contribution in [2.75, 3.05) is 33.4 Å². The zero-order valence-electron chi connectivity index (χ0n) is 7.02. The van der Waals surface area contributed by atoms with Crippen LogP contribution in [0, 0.1) is 0 Å². The second-order valence-corrected chi connectivity index (χ2v) is 7.19. The Morgan fingerprint density at radius 1 is 1.36 bits per heavy atom. The lowest BCUT2D eigenvalue weighted by Crippen LogP contribution is -2.36. The maximum absolute atomic E-state index is 10.4. The first-order chi connectivity index (χ1) is 4.71. The van der Waals surface area contributed by atoms with Crippen LogP contribution in [-0.4, -0.2) is 47.7 Å². The largest absolute Gasteiger partial charge is 0.384 e. The van der Waals surface area contributed by atoms with Gasteiger partial charge < -0.3 is 14.3 Å². The van der Waals surface area contributed by atoms with Gasteiger partial charge in [-0.25, -0.2) is 4.57 Å². The summed E-state index contributed by atoms with van der Waals surface area (Å²) >= 11 is 0.711. The van der Waals surface area contributed by atoms with Gasteiger partial charge in [-0.3, -0.25) is 0 Å². The summed E-state index contributed by atoms with van der Waals surface area (Å²) in [6.07, 6.45) is 0. The third-order valence-corrected chi connectivity index (χ3v) is 3.28. The molecule has 2 N–H and O–H groups in total. The third kappa shape index (κ3) is 10.5. The Morgan fingerprint density at radius 3 is 2.09 bits per heavy atom. The van der Waals surface area contributed by atoms with Gasteiger partial charge in [0, 0.05) is 0 Å². The van der Waals surface area contributed by atoms with Gasteiger partial charge in [0.2, 0.25) is 0 Å². The predicted octanol–water partition coefficient (Wildman–Crippen LogP) is 0.518. The van der Waals surface area contributed by atoms with Crippen molar-refractivity contribution >= 4 is 18.2 Å². The highest BCUT2D eigenvalue weighted by molar-refractivity contribution is 8.54. The van der Waals surface area contributed by atoms with Crippen LogP contribution in [0.2, 0.25) is 0 Å². The molecule has 0 rings (SSSR count). The standard InChI is InChI=1S/C5H14NO3PS/c1-6(2,3)4-5-11-10(7,8)9/h4-5H2,1-3H3,(H-,7,8,9)/p+1. The van der Waals surface area contributed by atoms with Crippen LogP contribution in [0.1, 0.15) is 0 Å². The molecular formula is C5H15NO3PS+. The molecule has 11 heavy (non-hydrogen) atoms. The lowest BCUT2D eigenvalue weighted by molar-refractivity contribution is -0.867. The fraction of sp³-hybridized carbons (Fsp3) is 1.00. The molecule has 68 valence electrons. The van der Waals surface area contributed by atoms with Gasteiger partial charge in [0.1, 0.15) is 0 Å². The van der Waals surface area contributed by atoms with Crippen LogP contribution >= 0.6 is 18.2 Å². The van der Waals surface area contributed by atoms with Crippen molar-refractivity contribution in [3.63, 3.8) is 0 Å². The molecule has 0 unspecified atom stereocenters. The molecule has 0 saturated heterocycles.